The van der Waals surface area contributed by atoms with Gasteiger partial charge < -0.3 is 14.0 Å². The van der Waals surface area contributed by atoms with Gasteiger partial charge in [-0.2, -0.15) is 0 Å². The molecule has 0 aliphatic heterocycles. The molecule has 2 aromatic rings. The molecule has 0 aliphatic rings. The number of halogens is 2. The molecule has 0 bridgehead atoms. The summed E-state index contributed by atoms with van der Waals surface area (Å²) in [5.74, 6) is 0.614. The van der Waals surface area contributed by atoms with Crippen molar-refractivity contribution in [2.45, 2.75) is 26.8 Å². The molecule has 24 heavy (non-hydrogen) atoms. The minimum absolute atomic E-state index is 0.00355. The molecule has 4 nitrogen and oxygen atoms in total. The van der Waals surface area contributed by atoms with Gasteiger partial charge in [-0.05, 0) is 70.3 Å². The Balaban J connectivity index is 2.09. The highest BCUT2D eigenvalue weighted by Gasteiger charge is 2.17. The molecule has 0 fully saturated rings. The van der Waals surface area contributed by atoms with Gasteiger partial charge in [-0.1, -0.05) is 6.07 Å². The van der Waals surface area contributed by atoms with Crippen molar-refractivity contribution in [1.82, 2.24) is 4.57 Å². The van der Waals surface area contributed by atoms with Crippen LogP contribution in [-0.2, 0) is 11.3 Å². The average molecular weight is 459 g/mol. The summed E-state index contributed by atoms with van der Waals surface area (Å²) in [6, 6.07) is 7.60. The minimum atomic E-state index is -0.0243. The summed E-state index contributed by atoms with van der Waals surface area (Å²) in [6.07, 6.45) is 0.918. The van der Waals surface area contributed by atoms with Crippen molar-refractivity contribution in [2.24, 2.45) is 0 Å². The highest BCUT2D eigenvalue weighted by molar-refractivity contribution is 9.11. The molecule has 0 radical (unpaired) electrons. The van der Waals surface area contributed by atoms with Gasteiger partial charge in [0.05, 0.1) is 8.95 Å². The molecule has 0 atom stereocenters. The fraction of sp³-hybridized carbons (Fsp3) is 0.389. The molecular weight excluding hydrogens is 438 g/mol. The van der Waals surface area contributed by atoms with E-state index in [1.807, 2.05) is 38.1 Å². The van der Waals surface area contributed by atoms with Crippen molar-refractivity contribution in [2.75, 3.05) is 20.3 Å². The van der Waals surface area contributed by atoms with Gasteiger partial charge in [0.1, 0.15) is 5.75 Å². The number of ketones is 1. The maximum Gasteiger partial charge on any atom is 0.202 e. The Morgan fingerprint density at radius 2 is 1.88 bits per heavy atom. The van der Waals surface area contributed by atoms with Gasteiger partial charge in [0.15, 0.2) is 6.61 Å². The van der Waals surface area contributed by atoms with Crippen LogP contribution in [-0.4, -0.2) is 30.7 Å². The zero-order valence-corrected chi connectivity index (χ0v) is 17.2. The number of ether oxygens (including phenoxy) is 2. The highest BCUT2D eigenvalue weighted by Crippen LogP contribution is 2.33. The average Bonchev–Trinajstić information content (AvgIpc) is 2.82. The van der Waals surface area contributed by atoms with Crippen molar-refractivity contribution in [3.8, 4) is 5.75 Å². The van der Waals surface area contributed by atoms with Gasteiger partial charge in [0, 0.05) is 37.2 Å². The second kappa shape index (κ2) is 8.83. The van der Waals surface area contributed by atoms with Crippen LogP contribution in [0.4, 0.5) is 0 Å². The smallest absolute Gasteiger partial charge is 0.202 e. The fourth-order valence-electron chi connectivity index (χ4n) is 2.63. The van der Waals surface area contributed by atoms with Crippen LogP contribution in [0.1, 0.15) is 28.2 Å². The topological polar surface area (TPSA) is 40.5 Å². The molecule has 0 saturated heterocycles. The van der Waals surface area contributed by atoms with E-state index in [1.165, 1.54) is 0 Å². The molecular formula is C18H21Br2NO3. The summed E-state index contributed by atoms with van der Waals surface area (Å²) in [5.41, 5.74) is 2.77. The van der Waals surface area contributed by atoms with Crippen molar-refractivity contribution in [1.29, 1.82) is 0 Å². The lowest BCUT2D eigenvalue weighted by atomic mass is 10.1. The number of methoxy groups -OCH3 is 1. The second-order valence-electron chi connectivity index (χ2n) is 5.55. The Bertz CT molecular complexity index is 705. The molecule has 0 N–H and O–H groups in total. The number of Topliss-reactive ketones (excluding diaryl/α,β-unsaturated/α-hetero) is 1. The Morgan fingerprint density at radius 3 is 2.50 bits per heavy atom. The minimum Gasteiger partial charge on any atom is -0.483 e. The predicted molar refractivity (Wildman–Crippen MR) is 102 cm³/mol. The van der Waals surface area contributed by atoms with Gasteiger partial charge in [-0.3, -0.25) is 4.79 Å². The molecule has 2 rings (SSSR count). The number of para-hydroxylation sites is 1. The van der Waals surface area contributed by atoms with Crippen LogP contribution >= 0.6 is 31.9 Å². The molecule has 0 saturated carbocycles. The van der Waals surface area contributed by atoms with E-state index in [1.54, 1.807) is 7.11 Å². The van der Waals surface area contributed by atoms with Crippen molar-refractivity contribution >= 4 is 37.6 Å². The number of nitrogens with zero attached hydrogens (tertiary/aromatic N) is 1. The van der Waals surface area contributed by atoms with Gasteiger partial charge in [-0.15, -0.1) is 0 Å². The van der Waals surface area contributed by atoms with E-state index in [0.717, 1.165) is 33.3 Å². The molecule has 1 aromatic heterocycles. The Hall–Kier alpha value is -1.11. The van der Waals surface area contributed by atoms with Crippen molar-refractivity contribution < 1.29 is 14.3 Å². The molecule has 6 heteroatoms. The van der Waals surface area contributed by atoms with E-state index < -0.39 is 0 Å². The van der Waals surface area contributed by atoms with E-state index in [4.69, 9.17) is 9.47 Å². The van der Waals surface area contributed by atoms with Gasteiger partial charge in [0.2, 0.25) is 5.78 Å². The van der Waals surface area contributed by atoms with E-state index in [2.05, 4.69) is 36.4 Å². The maximum absolute atomic E-state index is 12.6. The lowest BCUT2D eigenvalue weighted by Gasteiger charge is -2.11. The number of carbonyl (C=O) groups excluding carboxylic acids is 1. The molecule has 0 aliphatic carbocycles. The maximum atomic E-state index is 12.6. The number of aromatic nitrogens is 1. The van der Waals surface area contributed by atoms with Crippen LogP contribution in [0.3, 0.4) is 0 Å². The lowest BCUT2D eigenvalue weighted by Crippen LogP contribution is -2.13. The Labute approximate surface area is 159 Å². The molecule has 130 valence electrons. The number of hydrogen-bond donors (Lipinski definition) is 0. The van der Waals surface area contributed by atoms with Gasteiger partial charge in [-0.25, -0.2) is 0 Å². The SMILES string of the molecule is COCCCn1c(C)cc(C(=O)COc2c(Br)cccc2Br)c1C. The Morgan fingerprint density at radius 1 is 1.21 bits per heavy atom. The molecule has 1 heterocycles. The monoisotopic (exact) mass is 457 g/mol. The summed E-state index contributed by atoms with van der Waals surface area (Å²) >= 11 is 6.87. The number of rotatable bonds is 8. The zero-order valence-electron chi connectivity index (χ0n) is 14.1. The van der Waals surface area contributed by atoms with Crippen LogP contribution in [0.2, 0.25) is 0 Å². The summed E-state index contributed by atoms with van der Waals surface area (Å²) in [7, 11) is 1.70. The van der Waals surface area contributed by atoms with Crippen LogP contribution < -0.4 is 4.74 Å². The summed E-state index contributed by atoms with van der Waals surface area (Å²) in [4.78, 5) is 12.6. The van der Waals surface area contributed by atoms with Gasteiger partial charge in [0.25, 0.3) is 0 Å². The van der Waals surface area contributed by atoms with Crippen molar-refractivity contribution in [3.05, 3.63) is 50.2 Å². The normalized spacial score (nSPS) is 10.9. The molecule has 0 unspecified atom stereocenters. The van der Waals surface area contributed by atoms with Crippen LogP contribution in [0.15, 0.2) is 33.2 Å². The Kier molecular flexibility index (Phi) is 7.07. The third-order valence-corrected chi connectivity index (χ3v) is 5.12. The largest absolute Gasteiger partial charge is 0.483 e. The molecule has 0 amide bonds. The first kappa shape index (κ1) is 19.2. The summed E-state index contributed by atoms with van der Waals surface area (Å²) in [6.45, 7) is 5.54. The van der Waals surface area contributed by atoms with Gasteiger partial charge >= 0.3 is 0 Å². The molecule has 1 aromatic carbocycles. The van der Waals surface area contributed by atoms with E-state index >= 15 is 0 Å². The van der Waals surface area contributed by atoms with E-state index in [9.17, 15) is 4.79 Å². The zero-order chi connectivity index (χ0) is 17.7. The van der Waals surface area contributed by atoms with Crippen LogP contribution in [0.5, 0.6) is 5.75 Å². The lowest BCUT2D eigenvalue weighted by molar-refractivity contribution is 0.0919. The first-order valence-corrected chi connectivity index (χ1v) is 9.30. The van der Waals surface area contributed by atoms with Crippen molar-refractivity contribution in [3.63, 3.8) is 0 Å². The van der Waals surface area contributed by atoms with Crippen LogP contribution in [0.25, 0.3) is 0 Å². The van der Waals surface area contributed by atoms with E-state index in [0.29, 0.717) is 17.9 Å². The first-order valence-electron chi connectivity index (χ1n) is 7.71. The van der Waals surface area contributed by atoms with E-state index in [-0.39, 0.29) is 12.4 Å². The first-order chi connectivity index (χ1) is 11.5. The quantitative estimate of drug-likeness (QED) is 0.416. The highest BCUT2D eigenvalue weighted by atomic mass is 79.9. The third-order valence-electron chi connectivity index (χ3n) is 3.87. The molecule has 0 spiro atoms. The summed E-state index contributed by atoms with van der Waals surface area (Å²) < 4.78 is 14.6. The number of benzene rings is 1. The number of aryl methyl sites for hydroxylation is 1. The number of carbonyl (C=O) groups is 1. The predicted octanol–water partition coefficient (Wildman–Crippen LogP) is 4.93. The van der Waals surface area contributed by atoms with Crippen LogP contribution in [0, 0.1) is 13.8 Å². The third kappa shape index (κ3) is 4.49. The summed E-state index contributed by atoms with van der Waals surface area (Å²) in [5, 5.41) is 0. The standard InChI is InChI=1S/C18H21Br2NO3/c1-12-10-14(13(2)21(12)8-5-9-23-3)17(22)11-24-18-15(19)6-4-7-16(18)20/h4,6-7,10H,5,8-9,11H2,1-3H3. The number of hydrogen-bond acceptors (Lipinski definition) is 3. The second-order valence-corrected chi connectivity index (χ2v) is 7.25. The fourth-order valence-corrected chi connectivity index (χ4v) is 3.86.